The third-order valence-corrected chi connectivity index (χ3v) is 7.81. The van der Waals surface area contributed by atoms with Crippen LogP contribution in [0.25, 0.3) is 22.3 Å². The van der Waals surface area contributed by atoms with Crippen LogP contribution in [-0.2, 0) is 19.1 Å². The summed E-state index contributed by atoms with van der Waals surface area (Å²) in [4.78, 5) is 39.6. The summed E-state index contributed by atoms with van der Waals surface area (Å²) in [6.07, 6.45) is -1.21. The summed E-state index contributed by atoms with van der Waals surface area (Å²) >= 11 is 0. The first-order chi connectivity index (χ1) is 20.7. The molecular formula is C37H36F2O5. The largest absolute Gasteiger partial charge is 0.510 e. The molecule has 0 aromatic heterocycles. The molecule has 2 atom stereocenters. The molecule has 44 heavy (non-hydrogen) atoms. The Kier molecular flexibility index (Phi) is 9.47. The summed E-state index contributed by atoms with van der Waals surface area (Å²) in [6, 6.07) is 27.3. The highest BCUT2D eigenvalue weighted by atomic mass is 19.1. The van der Waals surface area contributed by atoms with E-state index in [0.29, 0.717) is 33.4 Å². The summed E-state index contributed by atoms with van der Waals surface area (Å²) in [5, 5.41) is 0. The quantitative estimate of drug-likeness (QED) is 0.170. The normalized spacial score (nSPS) is 13.1. The Hall–Kier alpha value is -4.65. The van der Waals surface area contributed by atoms with E-state index in [1.165, 1.54) is 39.8 Å². The van der Waals surface area contributed by atoms with Crippen LogP contribution in [-0.4, -0.2) is 28.9 Å². The molecule has 7 heteroatoms. The van der Waals surface area contributed by atoms with Crippen molar-refractivity contribution in [3.63, 3.8) is 0 Å². The second-order valence-electron chi connectivity index (χ2n) is 11.9. The molecule has 0 heterocycles. The first-order valence-corrected chi connectivity index (χ1v) is 14.4. The number of ketones is 2. The van der Waals surface area contributed by atoms with Crippen LogP contribution in [0, 0.1) is 11.6 Å². The Morgan fingerprint density at radius 1 is 0.568 bits per heavy atom. The minimum atomic E-state index is -1.65. The minimum absolute atomic E-state index is 0.407. The third kappa shape index (κ3) is 7.10. The molecule has 0 spiro atoms. The van der Waals surface area contributed by atoms with E-state index in [0.717, 1.165) is 0 Å². The molecular weight excluding hydrogens is 562 g/mol. The topological polar surface area (TPSA) is 69.7 Å². The van der Waals surface area contributed by atoms with Crippen molar-refractivity contribution in [2.24, 2.45) is 0 Å². The molecule has 0 bridgehead atoms. The van der Waals surface area contributed by atoms with E-state index in [-0.39, 0.29) is 0 Å². The molecule has 0 fully saturated rings. The summed E-state index contributed by atoms with van der Waals surface area (Å²) in [7, 11) is 0. The molecule has 228 valence electrons. The van der Waals surface area contributed by atoms with Gasteiger partial charge in [-0.05, 0) is 62.1 Å². The molecule has 0 radical (unpaired) electrons. The van der Waals surface area contributed by atoms with Gasteiger partial charge < -0.3 is 9.47 Å². The van der Waals surface area contributed by atoms with Gasteiger partial charge in [0.05, 0.1) is 0 Å². The molecule has 0 saturated carbocycles. The molecule has 0 aliphatic heterocycles. The van der Waals surface area contributed by atoms with Crippen molar-refractivity contribution in [2.45, 2.75) is 64.6 Å². The van der Waals surface area contributed by atoms with Gasteiger partial charge in [0.1, 0.15) is 11.6 Å². The summed E-state index contributed by atoms with van der Waals surface area (Å²) in [5.41, 5.74) is -0.212. The molecule has 0 aliphatic carbocycles. The van der Waals surface area contributed by atoms with Crippen LogP contribution < -0.4 is 0 Å². The lowest BCUT2D eigenvalue weighted by Gasteiger charge is -2.30. The van der Waals surface area contributed by atoms with Crippen LogP contribution in [0.3, 0.4) is 0 Å². The highest BCUT2D eigenvalue weighted by Crippen LogP contribution is 2.32. The van der Waals surface area contributed by atoms with Gasteiger partial charge in [-0.3, -0.25) is 9.59 Å². The molecule has 2 unspecified atom stereocenters. The van der Waals surface area contributed by atoms with Gasteiger partial charge in [-0.2, -0.15) is 0 Å². The number of carbonyl (C=O) groups is 3. The van der Waals surface area contributed by atoms with Crippen molar-refractivity contribution < 1.29 is 32.6 Å². The smallest absolute Gasteiger partial charge is 0.420 e. The van der Waals surface area contributed by atoms with Crippen molar-refractivity contribution >= 4 is 17.7 Å². The van der Waals surface area contributed by atoms with E-state index in [2.05, 4.69) is 0 Å². The first-order valence-electron chi connectivity index (χ1n) is 14.4. The van der Waals surface area contributed by atoms with Gasteiger partial charge in [-0.15, -0.1) is 0 Å². The van der Waals surface area contributed by atoms with E-state index in [1.807, 2.05) is 36.4 Å². The molecule has 4 rings (SSSR count). The molecule has 4 aromatic rings. The van der Waals surface area contributed by atoms with Crippen molar-refractivity contribution in [3.8, 4) is 22.3 Å². The van der Waals surface area contributed by atoms with Crippen LogP contribution in [0.2, 0.25) is 0 Å². The standard InChI is InChI=1S/C37H36F2O5/c1-23(27-17-19-29(31(38)21-27)25-13-9-7-10-14-25)33(40)36(3,4)43-35(42)44-37(5,6)34(41)24(2)28-18-20-30(32(39)22-28)26-15-11-8-12-16-26/h7-24H,1-6H3. The minimum Gasteiger partial charge on any atom is -0.420 e. The second kappa shape index (κ2) is 12.9. The zero-order valence-corrected chi connectivity index (χ0v) is 25.7. The number of carbonyl (C=O) groups excluding carboxylic acids is 3. The SMILES string of the molecule is CC(C(=O)C(C)(C)OC(=O)OC(C)(C)C(=O)C(C)c1ccc(-c2ccccc2)c(F)c1)c1ccc(-c2ccccc2)c(F)c1. The Morgan fingerprint density at radius 2 is 0.909 bits per heavy atom. The molecule has 4 aromatic carbocycles. The van der Waals surface area contributed by atoms with E-state index in [1.54, 1.807) is 62.4 Å². The predicted molar refractivity (Wildman–Crippen MR) is 166 cm³/mol. The highest BCUT2D eigenvalue weighted by molar-refractivity contribution is 5.95. The van der Waals surface area contributed by atoms with Crippen molar-refractivity contribution in [1.82, 2.24) is 0 Å². The number of hydrogen-bond donors (Lipinski definition) is 0. The summed E-state index contributed by atoms with van der Waals surface area (Å²) in [6.45, 7) is 8.86. The average molecular weight is 599 g/mol. The van der Waals surface area contributed by atoms with E-state index >= 15 is 0 Å². The Bertz CT molecular complexity index is 1540. The van der Waals surface area contributed by atoms with E-state index < -0.39 is 52.4 Å². The number of ether oxygens (including phenoxy) is 2. The van der Waals surface area contributed by atoms with Crippen molar-refractivity contribution in [3.05, 3.63) is 120 Å². The van der Waals surface area contributed by atoms with Gasteiger partial charge >= 0.3 is 6.16 Å². The lowest BCUT2D eigenvalue weighted by atomic mass is 9.86. The average Bonchev–Trinajstić information content (AvgIpc) is 2.99. The first kappa shape index (κ1) is 32.3. The fourth-order valence-electron chi connectivity index (χ4n) is 5.19. The van der Waals surface area contributed by atoms with Crippen molar-refractivity contribution in [2.75, 3.05) is 0 Å². The van der Waals surface area contributed by atoms with Gasteiger partial charge in [0, 0.05) is 23.0 Å². The summed E-state index contributed by atoms with van der Waals surface area (Å²) < 4.78 is 40.7. The van der Waals surface area contributed by atoms with Crippen LogP contribution in [0.5, 0.6) is 0 Å². The monoisotopic (exact) mass is 598 g/mol. The van der Waals surface area contributed by atoms with Crippen LogP contribution in [0.1, 0.15) is 64.5 Å². The second-order valence-corrected chi connectivity index (χ2v) is 11.9. The molecule has 0 aliphatic rings. The lowest BCUT2D eigenvalue weighted by molar-refractivity contribution is -0.146. The Labute approximate surface area is 256 Å². The molecule has 5 nitrogen and oxygen atoms in total. The number of rotatable bonds is 10. The Morgan fingerprint density at radius 3 is 1.23 bits per heavy atom. The summed E-state index contributed by atoms with van der Waals surface area (Å²) in [5.74, 6) is -3.52. The Balaban J connectivity index is 1.41. The van der Waals surface area contributed by atoms with Gasteiger partial charge in [0.25, 0.3) is 0 Å². The van der Waals surface area contributed by atoms with Gasteiger partial charge in [0.15, 0.2) is 22.8 Å². The molecule has 0 N–H and O–H groups in total. The number of Topliss-reactive ketones (excluding diaryl/α,β-unsaturated/α-hetero) is 2. The molecule has 0 saturated heterocycles. The van der Waals surface area contributed by atoms with E-state index in [9.17, 15) is 23.2 Å². The van der Waals surface area contributed by atoms with Gasteiger partial charge in [0.2, 0.25) is 0 Å². The number of halogens is 2. The maximum absolute atomic E-state index is 15.0. The zero-order valence-electron chi connectivity index (χ0n) is 25.7. The maximum Gasteiger partial charge on any atom is 0.510 e. The van der Waals surface area contributed by atoms with Crippen LogP contribution in [0.15, 0.2) is 97.1 Å². The van der Waals surface area contributed by atoms with E-state index in [4.69, 9.17) is 9.47 Å². The fraction of sp³-hybridized carbons (Fsp3) is 0.270. The number of hydrogen-bond acceptors (Lipinski definition) is 5. The zero-order chi connectivity index (χ0) is 32.2. The molecule has 0 amide bonds. The van der Waals surface area contributed by atoms with Gasteiger partial charge in [-0.25, -0.2) is 13.6 Å². The fourth-order valence-corrected chi connectivity index (χ4v) is 5.19. The van der Waals surface area contributed by atoms with Gasteiger partial charge in [-0.1, -0.05) is 98.8 Å². The predicted octanol–water partition coefficient (Wildman–Crippen LogP) is 9.05. The number of benzene rings is 4. The third-order valence-electron chi connectivity index (χ3n) is 7.81. The van der Waals surface area contributed by atoms with Crippen molar-refractivity contribution in [1.29, 1.82) is 0 Å². The van der Waals surface area contributed by atoms with Crippen LogP contribution >= 0.6 is 0 Å². The van der Waals surface area contributed by atoms with Crippen LogP contribution in [0.4, 0.5) is 13.6 Å². The lowest BCUT2D eigenvalue weighted by Crippen LogP contribution is -2.44. The maximum atomic E-state index is 15.0. The highest BCUT2D eigenvalue weighted by Gasteiger charge is 2.41.